The molecule has 0 atom stereocenters. The second kappa shape index (κ2) is 24.6. The molecule has 47 heavy (non-hydrogen) atoms. The third kappa shape index (κ3) is 20.6. The highest BCUT2D eigenvalue weighted by Crippen LogP contribution is 2.37. The fraction of sp³-hybridized carbons (Fsp3) is 0.905. The van der Waals surface area contributed by atoms with Gasteiger partial charge in [0, 0.05) is 5.92 Å². The van der Waals surface area contributed by atoms with Gasteiger partial charge in [0.2, 0.25) is 0 Å². The topological polar surface area (TPSA) is 61.8 Å². The van der Waals surface area contributed by atoms with Crippen LogP contribution in [0.3, 0.4) is 0 Å². The lowest BCUT2D eigenvalue weighted by Gasteiger charge is -2.34. The number of allylic oxidation sites excluding steroid dienone is 1. The number of ether oxygens (including phenoxy) is 3. The fourth-order valence-corrected chi connectivity index (χ4v) is 6.78. The van der Waals surface area contributed by atoms with Crippen LogP contribution in [-0.4, -0.2) is 31.8 Å². The summed E-state index contributed by atoms with van der Waals surface area (Å²) in [7, 11) is 0. The first kappa shape index (κ1) is 45.5. The van der Waals surface area contributed by atoms with Crippen molar-refractivity contribution >= 4 is 11.9 Å². The Morgan fingerprint density at radius 2 is 0.809 bits per heavy atom. The van der Waals surface area contributed by atoms with Gasteiger partial charge in [0.05, 0.1) is 37.4 Å². The average Bonchev–Trinajstić information content (AvgIpc) is 2.95. The van der Waals surface area contributed by atoms with Crippen LogP contribution in [0.5, 0.6) is 0 Å². The van der Waals surface area contributed by atoms with Gasteiger partial charge in [-0.05, 0) is 85.9 Å². The molecule has 5 heteroatoms. The molecule has 0 radical (unpaired) electrons. The average molecular weight is 665 g/mol. The van der Waals surface area contributed by atoms with E-state index in [1.54, 1.807) is 0 Å². The number of rotatable bonds is 28. The third-order valence-electron chi connectivity index (χ3n) is 10.3. The maximum atomic E-state index is 13.3. The summed E-state index contributed by atoms with van der Waals surface area (Å²) < 4.78 is 18.4. The number of esters is 2. The summed E-state index contributed by atoms with van der Waals surface area (Å²) in [5.41, 5.74) is -0.164. The maximum absolute atomic E-state index is 13.3. The van der Waals surface area contributed by atoms with Crippen molar-refractivity contribution < 1.29 is 23.8 Å². The summed E-state index contributed by atoms with van der Waals surface area (Å²) in [5, 5.41) is 0. The Bertz CT molecular complexity index is 762. The summed E-state index contributed by atoms with van der Waals surface area (Å²) in [5.74, 6) is 4.14. The molecule has 278 valence electrons. The van der Waals surface area contributed by atoms with Gasteiger partial charge < -0.3 is 14.2 Å². The Morgan fingerprint density at radius 3 is 1.06 bits per heavy atom. The van der Waals surface area contributed by atoms with Crippen molar-refractivity contribution in [2.75, 3.05) is 19.8 Å². The van der Waals surface area contributed by atoms with Crippen molar-refractivity contribution in [3.63, 3.8) is 0 Å². The lowest BCUT2D eigenvalue weighted by atomic mass is 9.76. The molecule has 0 rings (SSSR count). The van der Waals surface area contributed by atoms with Crippen LogP contribution < -0.4 is 0 Å². The molecule has 0 heterocycles. The third-order valence-corrected chi connectivity index (χ3v) is 10.3. The van der Waals surface area contributed by atoms with E-state index in [2.05, 4.69) is 96.6 Å². The molecule has 0 aliphatic carbocycles. The zero-order valence-corrected chi connectivity index (χ0v) is 33.6. The highest BCUT2D eigenvalue weighted by Gasteiger charge is 2.31. The monoisotopic (exact) mass is 665 g/mol. The Balaban J connectivity index is 5.69. The number of carbonyl (C=O) groups excluding carboxylic acids is 2. The molecule has 0 N–H and O–H groups in total. The Morgan fingerprint density at radius 1 is 0.511 bits per heavy atom. The van der Waals surface area contributed by atoms with E-state index < -0.39 is 0 Å². The van der Waals surface area contributed by atoms with Crippen LogP contribution in [0, 0.1) is 58.7 Å². The van der Waals surface area contributed by atoms with E-state index >= 15 is 0 Å². The van der Waals surface area contributed by atoms with Gasteiger partial charge in [-0.25, -0.2) is 0 Å². The van der Waals surface area contributed by atoms with Crippen LogP contribution in [0.2, 0.25) is 0 Å². The normalized spacial score (nSPS) is 12.6. The summed E-state index contributed by atoms with van der Waals surface area (Å²) in [4.78, 5) is 26.6. The van der Waals surface area contributed by atoms with Gasteiger partial charge in [0.15, 0.2) is 0 Å². The summed E-state index contributed by atoms with van der Waals surface area (Å²) in [6.07, 6.45) is 10.8. The minimum Gasteiger partial charge on any atom is -0.498 e. The molecule has 0 saturated carbocycles. The van der Waals surface area contributed by atoms with Gasteiger partial charge >= 0.3 is 11.9 Å². The second-order valence-corrected chi connectivity index (χ2v) is 17.0. The molecule has 0 unspecified atom stereocenters. The van der Waals surface area contributed by atoms with E-state index in [1.165, 1.54) is 0 Å². The van der Waals surface area contributed by atoms with Crippen LogP contribution >= 0.6 is 0 Å². The molecule has 0 aromatic carbocycles. The zero-order chi connectivity index (χ0) is 36.2. The SMILES string of the molecule is C=C(OCCC(CC)(CCOC(=O)C(CCC(C)C)CCC(C)C)CCOC(=O)C(CCC(C)C)CCC(C)C)C(C(C)C)C(C)C. The van der Waals surface area contributed by atoms with Crippen molar-refractivity contribution in [2.24, 2.45) is 58.7 Å². The van der Waals surface area contributed by atoms with Gasteiger partial charge in [-0.2, -0.15) is 0 Å². The Hall–Kier alpha value is -1.52. The molecule has 0 fully saturated rings. The highest BCUT2D eigenvalue weighted by molar-refractivity contribution is 5.72. The maximum Gasteiger partial charge on any atom is 0.308 e. The first-order valence-corrected chi connectivity index (χ1v) is 19.6. The van der Waals surface area contributed by atoms with E-state index in [0.717, 1.165) is 82.8 Å². The molecule has 5 nitrogen and oxygen atoms in total. The molecular weight excluding hydrogens is 584 g/mol. The predicted molar refractivity (Wildman–Crippen MR) is 200 cm³/mol. The number of hydrogen-bond acceptors (Lipinski definition) is 5. The lowest BCUT2D eigenvalue weighted by molar-refractivity contribution is -0.151. The second-order valence-electron chi connectivity index (χ2n) is 17.0. The summed E-state index contributed by atoms with van der Waals surface area (Å²) in [6, 6.07) is 0. The van der Waals surface area contributed by atoms with Gasteiger partial charge in [-0.15, -0.1) is 0 Å². The molecule has 0 bridgehead atoms. The molecular formula is C42H80O5. The van der Waals surface area contributed by atoms with Gasteiger partial charge in [-0.1, -0.05) is 129 Å². The van der Waals surface area contributed by atoms with Crippen molar-refractivity contribution in [3.05, 3.63) is 12.3 Å². The molecule has 0 spiro atoms. The minimum atomic E-state index is -0.164. The largest absolute Gasteiger partial charge is 0.498 e. The van der Waals surface area contributed by atoms with Gasteiger partial charge in [0.1, 0.15) is 0 Å². The number of hydrogen-bond donors (Lipinski definition) is 0. The molecule has 0 saturated heterocycles. The first-order chi connectivity index (χ1) is 21.9. The van der Waals surface area contributed by atoms with E-state index in [0.29, 0.717) is 61.2 Å². The van der Waals surface area contributed by atoms with E-state index in [4.69, 9.17) is 14.2 Å². The van der Waals surface area contributed by atoms with Crippen LogP contribution in [0.4, 0.5) is 0 Å². The zero-order valence-electron chi connectivity index (χ0n) is 33.6. The smallest absolute Gasteiger partial charge is 0.308 e. The van der Waals surface area contributed by atoms with Gasteiger partial charge in [0.25, 0.3) is 0 Å². The first-order valence-electron chi connectivity index (χ1n) is 19.6. The van der Waals surface area contributed by atoms with Crippen molar-refractivity contribution in [1.82, 2.24) is 0 Å². The van der Waals surface area contributed by atoms with Gasteiger partial charge in [-0.3, -0.25) is 9.59 Å². The van der Waals surface area contributed by atoms with E-state index in [9.17, 15) is 9.59 Å². The Labute approximate surface area is 293 Å². The molecule has 0 aliphatic rings. The summed E-state index contributed by atoms with van der Waals surface area (Å²) >= 11 is 0. The van der Waals surface area contributed by atoms with Crippen molar-refractivity contribution in [3.8, 4) is 0 Å². The predicted octanol–water partition coefficient (Wildman–Crippen LogP) is 12.1. The van der Waals surface area contributed by atoms with Crippen LogP contribution in [0.1, 0.15) is 167 Å². The quantitative estimate of drug-likeness (QED) is 0.0615. The summed E-state index contributed by atoms with van der Waals surface area (Å²) in [6.45, 7) is 34.4. The van der Waals surface area contributed by atoms with Crippen LogP contribution in [-0.2, 0) is 23.8 Å². The molecule has 0 aromatic rings. The standard InChI is InChI=1S/C42H80O5/c1-15-42(24-27-45-36(14)39(34(10)11)35(12)13,25-28-46-40(43)37(20-16-30(2)3)21-17-31(4)5)26-29-47-41(44)38(22-18-32(6)7)23-19-33(8)9/h30-35,37-39H,14-29H2,1-13H3. The van der Waals surface area contributed by atoms with E-state index in [1.807, 2.05) is 0 Å². The van der Waals surface area contributed by atoms with E-state index in [-0.39, 0.29) is 29.2 Å². The van der Waals surface area contributed by atoms with Crippen LogP contribution in [0.15, 0.2) is 12.3 Å². The highest BCUT2D eigenvalue weighted by atomic mass is 16.5. The Kier molecular flexibility index (Phi) is 23.8. The minimum absolute atomic E-state index is 0.0407. The molecule has 0 aliphatic heterocycles. The van der Waals surface area contributed by atoms with Crippen molar-refractivity contribution in [1.29, 1.82) is 0 Å². The lowest BCUT2D eigenvalue weighted by Crippen LogP contribution is -2.29. The van der Waals surface area contributed by atoms with Crippen LogP contribution in [0.25, 0.3) is 0 Å². The molecule has 0 aromatic heterocycles. The van der Waals surface area contributed by atoms with Crippen molar-refractivity contribution in [2.45, 2.75) is 167 Å². The molecule has 0 amide bonds. The number of carbonyl (C=O) groups is 2. The fourth-order valence-electron chi connectivity index (χ4n) is 6.78.